The Kier molecular flexibility index (Phi) is 9.14. The summed E-state index contributed by atoms with van der Waals surface area (Å²) in [5.74, 6) is 0. The monoisotopic (exact) mass is 371 g/mol. The normalized spacial score (nSPS) is 16.4. The van der Waals surface area contributed by atoms with Crippen LogP contribution in [0.5, 0.6) is 0 Å². The van der Waals surface area contributed by atoms with Gasteiger partial charge in [0.1, 0.15) is 0 Å². The van der Waals surface area contributed by atoms with Gasteiger partial charge in [0.25, 0.3) is 0 Å². The molecular formula is C19H31Cl2N3. The Morgan fingerprint density at radius 2 is 1.79 bits per heavy atom. The van der Waals surface area contributed by atoms with Gasteiger partial charge in [0.05, 0.1) is 0 Å². The molecule has 3 rings (SSSR count). The molecule has 5 heteroatoms. The van der Waals surface area contributed by atoms with Crippen LogP contribution in [0.3, 0.4) is 0 Å². The first kappa shape index (κ1) is 21.3. The smallest absolute Gasteiger partial charge is 0.0481 e. The fourth-order valence-corrected chi connectivity index (χ4v) is 3.75. The molecule has 2 aromatic rings. The van der Waals surface area contributed by atoms with E-state index in [1.54, 1.807) is 0 Å². The molecule has 2 heterocycles. The van der Waals surface area contributed by atoms with Crippen LogP contribution < -0.4 is 5.32 Å². The van der Waals surface area contributed by atoms with E-state index in [0.29, 0.717) is 6.04 Å². The highest BCUT2D eigenvalue weighted by Gasteiger charge is 2.24. The van der Waals surface area contributed by atoms with Crippen molar-refractivity contribution in [3.63, 3.8) is 0 Å². The number of unbranched alkanes of at least 4 members (excludes halogenated alkanes) is 2. The van der Waals surface area contributed by atoms with Crippen molar-refractivity contribution < 1.29 is 0 Å². The lowest BCUT2D eigenvalue weighted by Crippen LogP contribution is -2.45. The van der Waals surface area contributed by atoms with E-state index in [0.717, 1.165) is 13.1 Å². The summed E-state index contributed by atoms with van der Waals surface area (Å²) in [6.45, 7) is 6.86. The number of aryl methyl sites for hydroxylation is 1. The number of aromatic nitrogens is 1. The molecule has 0 amide bonds. The van der Waals surface area contributed by atoms with Crippen molar-refractivity contribution in [3.05, 3.63) is 36.0 Å². The number of rotatable bonds is 6. The summed E-state index contributed by atoms with van der Waals surface area (Å²) in [6, 6.07) is 9.41. The molecule has 1 fully saturated rings. The number of hydrogen-bond donors (Lipinski definition) is 1. The van der Waals surface area contributed by atoms with E-state index in [9.17, 15) is 0 Å². The number of para-hydroxylation sites is 1. The zero-order valence-corrected chi connectivity index (χ0v) is 16.5. The first-order valence-corrected chi connectivity index (χ1v) is 8.80. The molecule has 24 heavy (non-hydrogen) atoms. The maximum atomic E-state index is 3.48. The lowest BCUT2D eigenvalue weighted by molar-refractivity contribution is 0.163. The average molecular weight is 372 g/mol. The van der Waals surface area contributed by atoms with Crippen LogP contribution in [0.15, 0.2) is 30.5 Å². The summed E-state index contributed by atoms with van der Waals surface area (Å²) in [4.78, 5) is 2.69. The van der Waals surface area contributed by atoms with Gasteiger partial charge in [-0.3, -0.25) is 4.90 Å². The molecule has 136 valence electrons. The van der Waals surface area contributed by atoms with Crippen LogP contribution in [0.2, 0.25) is 0 Å². The van der Waals surface area contributed by atoms with Gasteiger partial charge in [-0.15, -0.1) is 24.8 Å². The quantitative estimate of drug-likeness (QED) is 0.751. The molecule has 0 aliphatic carbocycles. The van der Waals surface area contributed by atoms with Gasteiger partial charge in [0.2, 0.25) is 0 Å². The fraction of sp³-hybridized carbons (Fsp3) is 0.579. The number of nitrogens with zero attached hydrogens (tertiary/aromatic N) is 2. The highest BCUT2D eigenvalue weighted by atomic mass is 35.5. The predicted molar refractivity (Wildman–Crippen MR) is 109 cm³/mol. The molecule has 0 saturated carbocycles. The van der Waals surface area contributed by atoms with Crippen molar-refractivity contribution in [2.75, 3.05) is 26.2 Å². The van der Waals surface area contributed by atoms with Crippen LogP contribution in [-0.4, -0.2) is 35.6 Å². The van der Waals surface area contributed by atoms with Crippen LogP contribution in [0.25, 0.3) is 10.9 Å². The van der Waals surface area contributed by atoms with Gasteiger partial charge >= 0.3 is 0 Å². The zero-order valence-electron chi connectivity index (χ0n) is 14.8. The van der Waals surface area contributed by atoms with Crippen molar-refractivity contribution in [2.45, 2.75) is 38.6 Å². The lowest BCUT2D eigenvalue weighted by Gasteiger charge is -2.35. The number of hydrogen-bond acceptors (Lipinski definition) is 2. The summed E-state index contributed by atoms with van der Waals surface area (Å²) in [5, 5.41) is 4.92. The predicted octanol–water partition coefficient (Wildman–Crippen LogP) is 4.55. The summed E-state index contributed by atoms with van der Waals surface area (Å²) in [7, 11) is 2.17. The number of halogens is 2. The van der Waals surface area contributed by atoms with E-state index in [-0.39, 0.29) is 24.8 Å². The zero-order chi connectivity index (χ0) is 15.4. The van der Waals surface area contributed by atoms with E-state index >= 15 is 0 Å². The van der Waals surface area contributed by atoms with Gasteiger partial charge in [0, 0.05) is 56.4 Å². The Bertz CT molecular complexity index is 606. The van der Waals surface area contributed by atoms with Crippen LogP contribution >= 0.6 is 24.8 Å². The Morgan fingerprint density at radius 3 is 2.50 bits per heavy atom. The second kappa shape index (κ2) is 10.3. The van der Waals surface area contributed by atoms with Crippen molar-refractivity contribution in [1.29, 1.82) is 0 Å². The standard InChI is InChI=1S/C19H29N3.2ClH/c1-3-4-5-10-19(22-13-11-20-12-14-22)17-15-21(2)18-9-7-6-8-16(17)18;;/h6-9,15,19-20H,3-5,10-14H2,1-2H3;2*1H/t19-;;/m0../s1. The number of fused-ring (bicyclic) bond motifs is 1. The van der Waals surface area contributed by atoms with E-state index in [4.69, 9.17) is 0 Å². The van der Waals surface area contributed by atoms with Crippen molar-refractivity contribution in [1.82, 2.24) is 14.8 Å². The molecule has 0 bridgehead atoms. The molecule has 1 aromatic carbocycles. The maximum Gasteiger partial charge on any atom is 0.0481 e. The van der Waals surface area contributed by atoms with E-state index in [1.807, 2.05) is 0 Å². The molecule has 0 radical (unpaired) electrons. The van der Waals surface area contributed by atoms with Gasteiger partial charge in [-0.05, 0) is 18.1 Å². The Hall–Kier alpha value is -0.740. The molecule has 3 nitrogen and oxygen atoms in total. The average Bonchev–Trinajstić information content (AvgIpc) is 2.90. The number of piperazine rings is 1. The third-order valence-electron chi connectivity index (χ3n) is 4.96. The van der Waals surface area contributed by atoms with Gasteiger partial charge in [-0.25, -0.2) is 0 Å². The summed E-state index contributed by atoms with van der Waals surface area (Å²) in [5.41, 5.74) is 2.88. The molecule has 1 atom stereocenters. The largest absolute Gasteiger partial charge is 0.350 e. The van der Waals surface area contributed by atoms with E-state index in [1.165, 1.54) is 55.2 Å². The minimum atomic E-state index is 0. The van der Waals surface area contributed by atoms with Gasteiger partial charge in [-0.1, -0.05) is 44.4 Å². The van der Waals surface area contributed by atoms with Crippen molar-refractivity contribution in [3.8, 4) is 0 Å². The van der Waals surface area contributed by atoms with Crippen molar-refractivity contribution in [2.24, 2.45) is 7.05 Å². The molecule has 1 saturated heterocycles. The topological polar surface area (TPSA) is 20.2 Å². The van der Waals surface area contributed by atoms with Crippen LogP contribution in [-0.2, 0) is 7.05 Å². The van der Waals surface area contributed by atoms with Crippen LogP contribution in [0.1, 0.15) is 44.2 Å². The molecule has 0 unspecified atom stereocenters. The first-order valence-electron chi connectivity index (χ1n) is 8.80. The summed E-state index contributed by atoms with van der Waals surface area (Å²) >= 11 is 0. The third kappa shape index (κ3) is 4.66. The van der Waals surface area contributed by atoms with E-state index in [2.05, 4.69) is 59.2 Å². The van der Waals surface area contributed by atoms with E-state index < -0.39 is 0 Å². The van der Waals surface area contributed by atoms with Crippen molar-refractivity contribution >= 4 is 35.7 Å². The highest BCUT2D eigenvalue weighted by Crippen LogP contribution is 2.33. The summed E-state index contributed by atoms with van der Waals surface area (Å²) < 4.78 is 2.29. The third-order valence-corrected chi connectivity index (χ3v) is 4.96. The number of nitrogens with one attached hydrogen (secondary N) is 1. The Balaban J connectivity index is 0.00000144. The molecule has 1 aliphatic heterocycles. The van der Waals surface area contributed by atoms with Gasteiger partial charge in [0.15, 0.2) is 0 Å². The SMILES string of the molecule is CCCCC[C@@H](c1cn(C)c2ccccc12)N1CCNCC1.Cl.Cl. The molecule has 1 N–H and O–H groups in total. The van der Waals surface area contributed by atoms with Crippen LogP contribution in [0.4, 0.5) is 0 Å². The second-order valence-corrected chi connectivity index (χ2v) is 6.51. The molecule has 1 aliphatic rings. The minimum absolute atomic E-state index is 0. The highest BCUT2D eigenvalue weighted by molar-refractivity contribution is 5.86. The minimum Gasteiger partial charge on any atom is -0.350 e. The molecule has 0 spiro atoms. The number of benzene rings is 1. The second-order valence-electron chi connectivity index (χ2n) is 6.51. The first-order chi connectivity index (χ1) is 10.8. The van der Waals surface area contributed by atoms with Crippen LogP contribution in [0, 0.1) is 0 Å². The fourth-order valence-electron chi connectivity index (χ4n) is 3.75. The maximum absolute atomic E-state index is 3.48. The Morgan fingerprint density at radius 1 is 1.08 bits per heavy atom. The Labute approximate surface area is 158 Å². The summed E-state index contributed by atoms with van der Waals surface area (Å²) in [6.07, 6.45) is 7.61. The lowest BCUT2D eigenvalue weighted by atomic mass is 9.97. The molecular weight excluding hydrogens is 341 g/mol. The molecule has 1 aromatic heterocycles. The van der Waals surface area contributed by atoms with Gasteiger partial charge < -0.3 is 9.88 Å². The van der Waals surface area contributed by atoms with Gasteiger partial charge in [-0.2, -0.15) is 0 Å².